The maximum atomic E-state index is 10.8. The first kappa shape index (κ1) is 12.7. The summed E-state index contributed by atoms with van der Waals surface area (Å²) in [5.41, 5.74) is 3.02. The van der Waals surface area contributed by atoms with Crippen molar-refractivity contribution in [2.75, 3.05) is 0 Å². The van der Waals surface area contributed by atoms with Gasteiger partial charge in [-0.05, 0) is 28.8 Å². The fourth-order valence-electron chi connectivity index (χ4n) is 2.48. The van der Waals surface area contributed by atoms with E-state index in [1.807, 2.05) is 24.3 Å². The summed E-state index contributed by atoms with van der Waals surface area (Å²) >= 11 is 0. The summed E-state index contributed by atoms with van der Waals surface area (Å²) in [7, 11) is 0. The summed E-state index contributed by atoms with van der Waals surface area (Å²) < 4.78 is 5.70. The van der Waals surface area contributed by atoms with E-state index in [2.05, 4.69) is 0 Å². The molecule has 4 heteroatoms. The van der Waals surface area contributed by atoms with Crippen molar-refractivity contribution in [2.45, 2.75) is 19.1 Å². The molecule has 1 aliphatic rings. The lowest BCUT2D eigenvalue weighted by Gasteiger charge is -2.13. The zero-order valence-electron chi connectivity index (χ0n) is 10.7. The second kappa shape index (κ2) is 4.98. The van der Waals surface area contributed by atoms with Crippen molar-refractivity contribution in [3.05, 3.63) is 64.7 Å². The topological polar surface area (TPSA) is 66.8 Å². The molecule has 2 N–H and O–H groups in total. The number of hydrogen-bond acceptors (Lipinski definition) is 3. The molecule has 0 bridgehead atoms. The first-order valence-corrected chi connectivity index (χ1v) is 6.38. The number of fused-ring (bicyclic) bond motifs is 2. The molecule has 0 spiro atoms. The van der Waals surface area contributed by atoms with Crippen LogP contribution in [0.2, 0.25) is 0 Å². The molecule has 20 heavy (non-hydrogen) atoms. The number of aliphatic hydroxyl groups excluding tert-OH is 1. The van der Waals surface area contributed by atoms with Crippen LogP contribution in [0.5, 0.6) is 5.75 Å². The molecule has 1 aliphatic heterocycles. The van der Waals surface area contributed by atoms with Crippen LogP contribution < -0.4 is 4.74 Å². The molecule has 0 aromatic heterocycles. The molecule has 3 rings (SSSR count). The van der Waals surface area contributed by atoms with Crippen LogP contribution in [0.1, 0.15) is 28.4 Å². The van der Waals surface area contributed by atoms with E-state index in [4.69, 9.17) is 9.84 Å². The van der Waals surface area contributed by atoms with E-state index in [9.17, 15) is 9.90 Å². The number of hydrogen-bond donors (Lipinski definition) is 2. The molecule has 1 unspecified atom stereocenters. The van der Waals surface area contributed by atoms with Gasteiger partial charge in [0.25, 0.3) is 0 Å². The standard InChI is InChI=1S/C16H14O4/c17-15(18)8-10-5-6-14-13(7-10)16(19)12-4-2-1-3-11(12)9-20-14/h1-7,16,19H,8-9H2,(H,17,18). The largest absolute Gasteiger partial charge is 0.488 e. The molecular weight excluding hydrogens is 256 g/mol. The van der Waals surface area contributed by atoms with Gasteiger partial charge in [-0.1, -0.05) is 30.3 Å². The Balaban J connectivity index is 2.06. The number of carbonyl (C=O) groups is 1. The van der Waals surface area contributed by atoms with Gasteiger partial charge in [-0.3, -0.25) is 4.79 Å². The average Bonchev–Trinajstić information content (AvgIpc) is 2.57. The highest BCUT2D eigenvalue weighted by atomic mass is 16.5. The van der Waals surface area contributed by atoms with Gasteiger partial charge in [0.1, 0.15) is 18.5 Å². The normalized spacial score (nSPS) is 16.6. The molecule has 0 radical (unpaired) electrons. The van der Waals surface area contributed by atoms with Gasteiger partial charge in [0.05, 0.1) is 6.42 Å². The summed E-state index contributed by atoms with van der Waals surface area (Å²) in [4.78, 5) is 10.8. The van der Waals surface area contributed by atoms with Crippen molar-refractivity contribution >= 4 is 5.97 Å². The van der Waals surface area contributed by atoms with Crippen molar-refractivity contribution in [3.8, 4) is 5.75 Å². The first-order valence-electron chi connectivity index (χ1n) is 6.38. The van der Waals surface area contributed by atoms with E-state index >= 15 is 0 Å². The van der Waals surface area contributed by atoms with Crippen LogP contribution in [-0.4, -0.2) is 16.2 Å². The number of rotatable bonds is 2. The third-order valence-corrected chi connectivity index (χ3v) is 3.46. The predicted octanol–water partition coefficient (Wildman–Crippen LogP) is 2.29. The highest BCUT2D eigenvalue weighted by Gasteiger charge is 2.22. The quantitative estimate of drug-likeness (QED) is 0.878. The zero-order valence-corrected chi connectivity index (χ0v) is 10.7. The lowest BCUT2D eigenvalue weighted by Crippen LogP contribution is -2.04. The number of carboxylic acid groups (broad SMARTS) is 1. The molecule has 102 valence electrons. The van der Waals surface area contributed by atoms with E-state index in [0.29, 0.717) is 23.5 Å². The number of carboxylic acids is 1. The van der Waals surface area contributed by atoms with E-state index < -0.39 is 12.1 Å². The fourth-order valence-corrected chi connectivity index (χ4v) is 2.48. The Kier molecular flexibility index (Phi) is 3.16. The van der Waals surface area contributed by atoms with Crippen LogP contribution in [0.3, 0.4) is 0 Å². The van der Waals surface area contributed by atoms with Crippen LogP contribution in [0.4, 0.5) is 0 Å². The van der Waals surface area contributed by atoms with Crippen LogP contribution >= 0.6 is 0 Å². The fraction of sp³-hybridized carbons (Fsp3) is 0.188. The Labute approximate surface area is 116 Å². The minimum atomic E-state index is -0.894. The smallest absolute Gasteiger partial charge is 0.307 e. The van der Waals surface area contributed by atoms with E-state index in [1.54, 1.807) is 18.2 Å². The maximum Gasteiger partial charge on any atom is 0.307 e. The minimum absolute atomic E-state index is 0.0678. The van der Waals surface area contributed by atoms with Gasteiger partial charge in [-0.25, -0.2) is 0 Å². The molecule has 4 nitrogen and oxygen atoms in total. The van der Waals surface area contributed by atoms with Crippen molar-refractivity contribution in [3.63, 3.8) is 0 Å². The Hall–Kier alpha value is -2.33. The molecule has 1 atom stereocenters. The number of ether oxygens (including phenoxy) is 1. The summed E-state index contributed by atoms with van der Waals surface area (Å²) in [5, 5.41) is 19.4. The Morgan fingerprint density at radius 3 is 2.80 bits per heavy atom. The highest BCUT2D eigenvalue weighted by molar-refractivity contribution is 5.70. The summed E-state index contributed by atoms with van der Waals surface area (Å²) in [6.07, 6.45) is -0.862. The molecule has 0 aliphatic carbocycles. The van der Waals surface area contributed by atoms with Gasteiger partial charge in [0, 0.05) is 5.56 Å². The molecular formula is C16H14O4. The second-order valence-electron chi connectivity index (χ2n) is 4.83. The Bertz CT molecular complexity index is 663. The van der Waals surface area contributed by atoms with Crippen molar-refractivity contribution in [1.29, 1.82) is 0 Å². The maximum absolute atomic E-state index is 10.8. The summed E-state index contributed by atoms with van der Waals surface area (Å²) in [6.45, 7) is 0.401. The van der Waals surface area contributed by atoms with Crippen molar-refractivity contribution in [1.82, 2.24) is 0 Å². The van der Waals surface area contributed by atoms with E-state index in [0.717, 1.165) is 11.1 Å². The van der Waals surface area contributed by atoms with Crippen LogP contribution in [0.25, 0.3) is 0 Å². The summed E-state index contributed by atoms with van der Waals surface area (Å²) in [5.74, 6) is -0.294. The van der Waals surface area contributed by atoms with Gasteiger partial charge >= 0.3 is 5.97 Å². The molecule has 2 aromatic carbocycles. The SMILES string of the molecule is O=C(O)Cc1ccc2c(c1)C(O)c1ccccc1CO2. The van der Waals surface area contributed by atoms with Gasteiger partial charge in [-0.15, -0.1) is 0 Å². The predicted molar refractivity (Wildman–Crippen MR) is 72.6 cm³/mol. The Morgan fingerprint density at radius 1 is 1.20 bits per heavy atom. The van der Waals surface area contributed by atoms with Gasteiger partial charge in [0.15, 0.2) is 0 Å². The number of aliphatic carboxylic acids is 1. The second-order valence-corrected chi connectivity index (χ2v) is 4.83. The monoisotopic (exact) mass is 270 g/mol. The third-order valence-electron chi connectivity index (χ3n) is 3.46. The molecule has 0 saturated carbocycles. The summed E-state index contributed by atoms with van der Waals surface area (Å²) in [6, 6.07) is 12.7. The van der Waals surface area contributed by atoms with Crippen molar-refractivity contribution in [2.24, 2.45) is 0 Å². The first-order chi connectivity index (χ1) is 9.65. The molecule has 0 amide bonds. The minimum Gasteiger partial charge on any atom is -0.488 e. The molecule has 0 fully saturated rings. The van der Waals surface area contributed by atoms with E-state index in [1.165, 1.54) is 0 Å². The van der Waals surface area contributed by atoms with Crippen LogP contribution in [-0.2, 0) is 17.8 Å². The zero-order chi connectivity index (χ0) is 14.1. The molecule has 2 aromatic rings. The highest BCUT2D eigenvalue weighted by Crippen LogP contribution is 2.36. The lowest BCUT2D eigenvalue weighted by atomic mass is 9.96. The van der Waals surface area contributed by atoms with Gasteiger partial charge < -0.3 is 14.9 Å². The average molecular weight is 270 g/mol. The van der Waals surface area contributed by atoms with Gasteiger partial charge in [-0.2, -0.15) is 0 Å². The number of benzene rings is 2. The van der Waals surface area contributed by atoms with Crippen LogP contribution in [0.15, 0.2) is 42.5 Å². The third kappa shape index (κ3) is 2.26. The number of aliphatic hydroxyl groups is 1. The molecule has 1 heterocycles. The van der Waals surface area contributed by atoms with Crippen molar-refractivity contribution < 1.29 is 19.7 Å². The van der Waals surface area contributed by atoms with Gasteiger partial charge in [0.2, 0.25) is 0 Å². The lowest BCUT2D eigenvalue weighted by molar-refractivity contribution is -0.136. The Morgan fingerprint density at radius 2 is 2.00 bits per heavy atom. The van der Waals surface area contributed by atoms with E-state index in [-0.39, 0.29) is 6.42 Å². The van der Waals surface area contributed by atoms with Crippen LogP contribution in [0, 0.1) is 0 Å². The molecule has 0 saturated heterocycles.